The number of hydrogen-bond acceptors (Lipinski definition) is 1. The number of rotatable bonds is 4. The van der Waals surface area contributed by atoms with Crippen molar-refractivity contribution >= 4 is 35.1 Å². The van der Waals surface area contributed by atoms with Crippen molar-refractivity contribution in [3.8, 4) is 0 Å². The lowest BCUT2D eigenvalue weighted by molar-refractivity contribution is 0.628. The summed E-state index contributed by atoms with van der Waals surface area (Å²) in [5.41, 5.74) is 2.51. The zero-order valence-corrected chi connectivity index (χ0v) is 16.2. The molecule has 0 atom stereocenters. The second-order valence-corrected chi connectivity index (χ2v) is 13.2. The summed E-state index contributed by atoms with van der Waals surface area (Å²) in [5.74, 6) is -0.213. The van der Waals surface area contributed by atoms with Crippen LogP contribution in [0.1, 0.15) is 41.5 Å². The third kappa shape index (κ3) is 2.48. The highest BCUT2D eigenvalue weighted by atomic mass is 79.9. The summed E-state index contributed by atoms with van der Waals surface area (Å²) >= 11 is 3.46. The zero-order valence-electron chi connectivity index (χ0n) is 13.6. The molecule has 0 spiro atoms. The van der Waals surface area contributed by atoms with Gasteiger partial charge in [0.15, 0.2) is 8.24 Å². The first-order valence-corrected chi connectivity index (χ1v) is 10.5. The van der Waals surface area contributed by atoms with Crippen LogP contribution in [-0.4, -0.2) is 17.7 Å². The number of hydrogen-bond donors (Lipinski definition) is 0. The van der Waals surface area contributed by atoms with E-state index >= 15 is 0 Å². The molecule has 1 aromatic heterocycles. The van der Waals surface area contributed by atoms with Crippen LogP contribution in [0.15, 0.2) is 22.8 Å². The molecular formula is C16H24BrFN2Si. The molecular weight excluding hydrogens is 347 g/mol. The minimum atomic E-state index is -1.94. The molecule has 0 radical (unpaired) electrons. The van der Waals surface area contributed by atoms with E-state index in [0.717, 1.165) is 15.4 Å². The van der Waals surface area contributed by atoms with Gasteiger partial charge in [0.05, 0.1) is 11.7 Å². The van der Waals surface area contributed by atoms with Crippen LogP contribution in [-0.2, 0) is 0 Å². The van der Waals surface area contributed by atoms with Crippen LogP contribution in [0, 0.1) is 5.82 Å². The largest absolute Gasteiger partial charge is 0.293 e. The molecule has 0 aliphatic carbocycles. The van der Waals surface area contributed by atoms with Crippen LogP contribution >= 0.6 is 15.9 Å². The highest BCUT2D eigenvalue weighted by Gasteiger charge is 2.47. The van der Waals surface area contributed by atoms with Crippen molar-refractivity contribution in [3.05, 3.63) is 28.6 Å². The molecule has 0 N–H and O–H groups in total. The Morgan fingerprint density at radius 1 is 1.05 bits per heavy atom. The molecule has 0 aliphatic heterocycles. The van der Waals surface area contributed by atoms with Gasteiger partial charge in [-0.05, 0) is 44.7 Å². The van der Waals surface area contributed by atoms with Crippen molar-refractivity contribution < 1.29 is 4.39 Å². The summed E-state index contributed by atoms with van der Waals surface area (Å²) < 4.78 is 16.9. The Labute approximate surface area is 135 Å². The van der Waals surface area contributed by atoms with Crippen LogP contribution < -0.4 is 0 Å². The first-order chi connectivity index (χ1) is 9.72. The predicted molar refractivity (Wildman–Crippen MR) is 93.8 cm³/mol. The van der Waals surface area contributed by atoms with Gasteiger partial charge >= 0.3 is 0 Å². The molecule has 1 heterocycles. The summed E-state index contributed by atoms with van der Waals surface area (Å²) in [6.07, 6.45) is 1.87. The minimum Gasteiger partial charge on any atom is -0.293 e. The van der Waals surface area contributed by atoms with Crippen LogP contribution in [0.5, 0.6) is 0 Å². The Balaban J connectivity index is 2.84. The van der Waals surface area contributed by atoms with E-state index in [4.69, 9.17) is 5.10 Å². The third-order valence-electron chi connectivity index (χ3n) is 4.74. The van der Waals surface area contributed by atoms with Crippen LogP contribution in [0.3, 0.4) is 0 Å². The standard InChI is InChI=1S/C16H24BrFN2Si/c1-10(2)21(11(3)4,12(5)6)20-16-8-13(18)7-15(17)14(16)9-19-20/h7-12H,1-6H3. The van der Waals surface area contributed by atoms with Crippen molar-refractivity contribution in [1.29, 1.82) is 0 Å². The van der Waals surface area contributed by atoms with E-state index in [-0.39, 0.29) is 5.82 Å². The summed E-state index contributed by atoms with van der Waals surface area (Å²) in [4.78, 5) is 0. The van der Waals surface area contributed by atoms with Gasteiger partial charge in [0.2, 0.25) is 0 Å². The van der Waals surface area contributed by atoms with Gasteiger partial charge in [-0.25, -0.2) is 4.39 Å². The second-order valence-electron chi connectivity index (χ2n) is 6.73. The van der Waals surface area contributed by atoms with Crippen molar-refractivity contribution in [2.24, 2.45) is 0 Å². The fourth-order valence-corrected chi connectivity index (χ4v) is 10.9. The molecule has 2 nitrogen and oxygen atoms in total. The van der Waals surface area contributed by atoms with Gasteiger partial charge in [0, 0.05) is 9.86 Å². The smallest absolute Gasteiger partial charge is 0.193 e. The first kappa shape index (κ1) is 16.7. The van der Waals surface area contributed by atoms with Gasteiger partial charge in [0.1, 0.15) is 5.82 Å². The Bertz CT molecular complexity index is 627. The molecule has 116 valence electrons. The van der Waals surface area contributed by atoms with E-state index in [1.807, 2.05) is 6.20 Å². The highest BCUT2D eigenvalue weighted by Crippen LogP contribution is 2.44. The molecule has 2 rings (SSSR count). The van der Waals surface area contributed by atoms with Crippen molar-refractivity contribution in [2.45, 2.75) is 58.2 Å². The second kappa shape index (κ2) is 5.84. The maximum atomic E-state index is 13.9. The Morgan fingerprint density at radius 3 is 2.05 bits per heavy atom. The minimum absolute atomic E-state index is 0.213. The number of aromatic nitrogens is 2. The van der Waals surface area contributed by atoms with Gasteiger partial charge in [-0.2, -0.15) is 5.10 Å². The van der Waals surface area contributed by atoms with Gasteiger partial charge in [-0.3, -0.25) is 4.35 Å². The Morgan fingerprint density at radius 2 is 1.57 bits per heavy atom. The topological polar surface area (TPSA) is 17.8 Å². The van der Waals surface area contributed by atoms with E-state index in [1.54, 1.807) is 6.07 Å². The maximum absolute atomic E-state index is 13.9. The molecule has 1 aromatic carbocycles. The first-order valence-electron chi connectivity index (χ1n) is 7.56. The van der Waals surface area contributed by atoms with Gasteiger partial charge in [-0.1, -0.05) is 41.5 Å². The van der Waals surface area contributed by atoms with Crippen molar-refractivity contribution in [2.75, 3.05) is 0 Å². The number of nitrogens with zero attached hydrogens (tertiary/aromatic N) is 2. The molecule has 5 heteroatoms. The average Bonchev–Trinajstić information content (AvgIpc) is 2.73. The quantitative estimate of drug-likeness (QED) is 0.606. The number of fused-ring (bicyclic) bond motifs is 1. The van der Waals surface area contributed by atoms with Crippen molar-refractivity contribution in [3.63, 3.8) is 0 Å². The zero-order chi connectivity index (χ0) is 15.9. The Hall–Kier alpha value is -0.683. The fraction of sp³-hybridized carbons (Fsp3) is 0.562. The highest BCUT2D eigenvalue weighted by molar-refractivity contribution is 9.10. The third-order valence-corrected chi connectivity index (χ3v) is 12.0. The monoisotopic (exact) mass is 370 g/mol. The molecule has 0 amide bonds. The van der Waals surface area contributed by atoms with Crippen LogP contribution in [0.25, 0.3) is 10.9 Å². The molecule has 0 bridgehead atoms. The molecule has 0 aliphatic rings. The molecule has 0 fully saturated rings. The van der Waals surface area contributed by atoms with Crippen LogP contribution in [0.4, 0.5) is 4.39 Å². The summed E-state index contributed by atoms with van der Waals surface area (Å²) in [6, 6.07) is 3.14. The van der Waals surface area contributed by atoms with E-state index in [2.05, 4.69) is 61.8 Å². The fourth-order valence-electron chi connectivity index (χ4n) is 4.09. The summed E-state index contributed by atoms with van der Waals surface area (Å²) in [6.45, 7) is 13.7. The molecule has 2 aromatic rings. The predicted octanol–water partition coefficient (Wildman–Crippen LogP) is 5.96. The lowest BCUT2D eigenvalue weighted by atomic mass is 10.2. The molecule has 0 unspecified atom stereocenters. The van der Waals surface area contributed by atoms with E-state index in [1.165, 1.54) is 6.07 Å². The maximum Gasteiger partial charge on any atom is 0.193 e. The van der Waals surface area contributed by atoms with E-state index in [9.17, 15) is 4.39 Å². The number of halogens is 2. The molecule has 0 saturated heterocycles. The summed E-state index contributed by atoms with van der Waals surface area (Å²) in [5, 5.41) is 5.71. The van der Waals surface area contributed by atoms with Crippen molar-refractivity contribution in [1.82, 2.24) is 9.45 Å². The molecule has 0 saturated carbocycles. The Kier molecular flexibility index (Phi) is 4.64. The van der Waals surface area contributed by atoms with E-state index < -0.39 is 8.24 Å². The van der Waals surface area contributed by atoms with E-state index in [0.29, 0.717) is 16.6 Å². The van der Waals surface area contributed by atoms with Gasteiger partial charge in [0.25, 0.3) is 0 Å². The number of benzene rings is 1. The summed E-state index contributed by atoms with van der Waals surface area (Å²) in [7, 11) is -1.94. The van der Waals surface area contributed by atoms with Crippen LogP contribution in [0.2, 0.25) is 16.6 Å². The lowest BCUT2D eigenvalue weighted by Crippen LogP contribution is -2.52. The SMILES string of the molecule is CC(C)[Si](C(C)C)(C(C)C)n1ncc2c(Br)cc(F)cc21. The normalized spacial score (nSPS) is 13.1. The lowest BCUT2D eigenvalue weighted by Gasteiger charge is -2.43. The van der Waals surface area contributed by atoms with Gasteiger partial charge in [-0.15, -0.1) is 0 Å². The average molecular weight is 371 g/mol. The molecule has 21 heavy (non-hydrogen) atoms. The van der Waals surface area contributed by atoms with Gasteiger partial charge < -0.3 is 0 Å².